The average molecular weight is 246 g/mol. The van der Waals surface area contributed by atoms with Crippen LogP contribution in [-0.4, -0.2) is 14.7 Å². The van der Waals surface area contributed by atoms with Gasteiger partial charge in [0.05, 0.1) is 11.0 Å². The summed E-state index contributed by atoms with van der Waals surface area (Å²) in [6, 6.07) is 4.29. The first kappa shape index (κ1) is 13.1. The molecule has 0 radical (unpaired) electrons. The van der Waals surface area contributed by atoms with Crippen molar-refractivity contribution in [3.05, 3.63) is 29.1 Å². The molecule has 1 heterocycles. The average Bonchev–Trinajstić information content (AvgIpc) is 2.67. The highest BCUT2D eigenvalue weighted by Gasteiger charge is 2.13. The molecule has 0 saturated heterocycles. The maximum atomic E-state index is 9.46. The molecule has 2 rings (SSSR count). The molecule has 0 fully saturated rings. The van der Waals surface area contributed by atoms with Crippen molar-refractivity contribution in [1.29, 1.82) is 0 Å². The molecule has 1 unspecified atom stereocenters. The van der Waals surface area contributed by atoms with E-state index < -0.39 is 0 Å². The van der Waals surface area contributed by atoms with Crippen molar-refractivity contribution in [2.24, 2.45) is 5.92 Å². The quantitative estimate of drug-likeness (QED) is 0.899. The van der Waals surface area contributed by atoms with Gasteiger partial charge in [-0.25, -0.2) is 4.98 Å². The Morgan fingerprint density at radius 1 is 1.28 bits per heavy atom. The number of hydrogen-bond donors (Lipinski definition) is 1. The van der Waals surface area contributed by atoms with E-state index in [-0.39, 0.29) is 6.61 Å². The lowest BCUT2D eigenvalue weighted by molar-refractivity contribution is 0.263. The van der Waals surface area contributed by atoms with Crippen molar-refractivity contribution in [3.63, 3.8) is 0 Å². The first-order valence-electron chi connectivity index (χ1n) is 6.64. The second-order valence-corrected chi connectivity index (χ2v) is 5.24. The fraction of sp³-hybridized carbons (Fsp3) is 0.533. The van der Waals surface area contributed by atoms with E-state index in [1.165, 1.54) is 11.1 Å². The van der Waals surface area contributed by atoms with Crippen molar-refractivity contribution < 1.29 is 5.11 Å². The van der Waals surface area contributed by atoms with Crippen LogP contribution >= 0.6 is 0 Å². The van der Waals surface area contributed by atoms with Gasteiger partial charge in [-0.2, -0.15) is 0 Å². The summed E-state index contributed by atoms with van der Waals surface area (Å²) in [7, 11) is 0. The highest BCUT2D eigenvalue weighted by atomic mass is 16.3. The van der Waals surface area contributed by atoms with Crippen molar-refractivity contribution in [3.8, 4) is 0 Å². The fourth-order valence-electron chi connectivity index (χ4n) is 2.20. The Morgan fingerprint density at radius 3 is 2.56 bits per heavy atom. The van der Waals surface area contributed by atoms with Crippen molar-refractivity contribution in [1.82, 2.24) is 9.55 Å². The molecule has 2 aromatic rings. The number of nitrogens with zero attached hydrogens (tertiary/aromatic N) is 2. The van der Waals surface area contributed by atoms with Gasteiger partial charge in [-0.15, -0.1) is 0 Å². The van der Waals surface area contributed by atoms with Crippen LogP contribution in [-0.2, 0) is 13.2 Å². The molecule has 0 saturated carbocycles. The van der Waals surface area contributed by atoms with E-state index in [1.807, 2.05) is 0 Å². The Morgan fingerprint density at radius 2 is 1.94 bits per heavy atom. The second-order valence-electron chi connectivity index (χ2n) is 5.24. The van der Waals surface area contributed by atoms with Gasteiger partial charge in [-0.05, 0) is 43.0 Å². The summed E-state index contributed by atoms with van der Waals surface area (Å²) in [5, 5.41) is 9.46. The van der Waals surface area contributed by atoms with E-state index in [2.05, 4.69) is 49.4 Å². The van der Waals surface area contributed by atoms with Gasteiger partial charge in [0.1, 0.15) is 12.4 Å². The van der Waals surface area contributed by atoms with Gasteiger partial charge in [-0.3, -0.25) is 0 Å². The Kier molecular flexibility index (Phi) is 3.71. The largest absolute Gasteiger partial charge is 0.388 e. The number of aromatic nitrogens is 2. The smallest absolute Gasteiger partial charge is 0.135 e. The van der Waals surface area contributed by atoms with E-state index >= 15 is 0 Å². The highest BCUT2D eigenvalue weighted by Crippen LogP contribution is 2.22. The molecule has 3 nitrogen and oxygen atoms in total. The van der Waals surface area contributed by atoms with Gasteiger partial charge in [-0.1, -0.05) is 20.3 Å². The van der Waals surface area contributed by atoms with E-state index in [1.54, 1.807) is 0 Å². The van der Waals surface area contributed by atoms with Crippen molar-refractivity contribution in [2.75, 3.05) is 0 Å². The van der Waals surface area contributed by atoms with E-state index in [0.717, 1.165) is 29.8 Å². The van der Waals surface area contributed by atoms with Gasteiger partial charge in [0.2, 0.25) is 0 Å². The summed E-state index contributed by atoms with van der Waals surface area (Å²) in [6.07, 6.45) is 1.13. The van der Waals surface area contributed by atoms with Crippen molar-refractivity contribution in [2.45, 2.75) is 47.3 Å². The van der Waals surface area contributed by atoms with Crippen LogP contribution in [0.15, 0.2) is 12.1 Å². The number of aliphatic hydroxyl groups is 1. The zero-order chi connectivity index (χ0) is 13.3. The number of aryl methyl sites for hydroxylation is 2. The van der Waals surface area contributed by atoms with Crippen LogP contribution in [0, 0.1) is 19.8 Å². The van der Waals surface area contributed by atoms with Crippen LogP contribution in [0.3, 0.4) is 0 Å². The monoisotopic (exact) mass is 246 g/mol. The third-order valence-corrected chi connectivity index (χ3v) is 3.78. The molecule has 0 amide bonds. The first-order valence-corrected chi connectivity index (χ1v) is 6.64. The van der Waals surface area contributed by atoms with Crippen LogP contribution in [0.1, 0.15) is 37.2 Å². The van der Waals surface area contributed by atoms with E-state index in [4.69, 9.17) is 0 Å². The molecule has 1 atom stereocenters. The number of benzene rings is 1. The third kappa shape index (κ3) is 2.27. The summed E-state index contributed by atoms with van der Waals surface area (Å²) in [6.45, 7) is 9.56. The third-order valence-electron chi connectivity index (χ3n) is 3.78. The minimum absolute atomic E-state index is 0.00318. The Balaban J connectivity index is 2.57. The van der Waals surface area contributed by atoms with Gasteiger partial charge < -0.3 is 9.67 Å². The van der Waals surface area contributed by atoms with E-state index in [0.29, 0.717) is 5.92 Å². The lowest BCUT2D eigenvalue weighted by Gasteiger charge is -2.13. The molecule has 0 aliphatic heterocycles. The predicted octanol–water partition coefficient (Wildman–Crippen LogP) is 3.19. The standard InChI is InChI=1S/C15H22N2O/c1-5-10(2)8-17-14-7-12(4)11(3)6-13(14)16-15(17)9-18/h6-7,10,18H,5,8-9H2,1-4H3. The van der Waals surface area contributed by atoms with Crippen LogP contribution in [0.5, 0.6) is 0 Å². The summed E-state index contributed by atoms with van der Waals surface area (Å²) in [5.74, 6) is 1.37. The first-order chi connectivity index (χ1) is 8.56. The minimum Gasteiger partial charge on any atom is -0.388 e. The SMILES string of the molecule is CCC(C)Cn1c(CO)nc2cc(C)c(C)cc21. The summed E-state index contributed by atoms with van der Waals surface area (Å²) in [4.78, 5) is 4.53. The van der Waals surface area contributed by atoms with Crippen LogP contribution in [0.25, 0.3) is 11.0 Å². The summed E-state index contributed by atoms with van der Waals surface area (Å²) in [5.41, 5.74) is 4.66. The van der Waals surface area contributed by atoms with Gasteiger partial charge in [0.25, 0.3) is 0 Å². The van der Waals surface area contributed by atoms with Gasteiger partial charge in [0.15, 0.2) is 0 Å². The predicted molar refractivity (Wildman–Crippen MR) is 74.6 cm³/mol. The Bertz CT molecular complexity index is 557. The number of fused-ring (bicyclic) bond motifs is 1. The maximum absolute atomic E-state index is 9.46. The molecule has 0 bridgehead atoms. The number of aliphatic hydroxyl groups excluding tert-OH is 1. The zero-order valence-electron chi connectivity index (χ0n) is 11.7. The molecule has 0 spiro atoms. The molecule has 98 valence electrons. The molecular weight excluding hydrogens is 224 g/mol. The maximum Gasteiger partial charge on any atom is 0.135 e. The summed E-state index contributed by atoms with van der Waals surface area (Å²) < 4.78 is 2.16. The molecule has 0 aliphatic rings. The van der Waals surface area contributed by atoms with Crippen LogP contribution in [0.2, 0.25) is 0 Å². The fourth-order valence-corrected chi connectivity index (χ4v) is 2.20. The molecule has 18 heavy (non-hydrogen) atoms. The molecule has 0 aliphatic carbocycles. The normalized spacial score (nSPS) is 13.2. The number of imidazole rings is 1. The van der Waals surface area contributed by atoms with Crippen molar-refractivity contribution >= 4 is 11.0 Å². The number of hydrogen-bond acceptors (Lipinski definition) is 2. The zero-order valence-corrected chi connectivity index (χ0v) is 11.7. The summed E-state index contributed by atoms with van der Waals surface area (Å²) >= 11 is 0. The Labute approximate surface area is 108 Å². The highest BCUT2D eigenvalue weighted by molar-refractivity contribution is 5.78. The second kappa shape index (κ2) is 5.11. The molecule has 1 aromatic heterocycles. The van der Waals surface area contributed by atoms with Gasteiger partial charge in [0, 0.05) is 6.54 Å². The topological polar surface area (TPSA) is 38.0 Å². The number of rotatable bonds is 4. The molecular formula is C15H22N2O. The van der Waals surface area contributed by atoms with Crippen LogP contribution < -0.4 is 0 Å². The molecule has 3 heteroatoms. The van der Waals surface area contributed by atoms with Crippen LogP contribution in [0.4, 0.5) is 0 Å². The lowest BCUT2D eigenvalue weighted by atomic mass is 10.1. The van der Waals surface area contributed by atoms with Gasteiger partial charge >= 0.3 is 0 Å². The van der Waals surface area contributed by atoms with E-state index in [9.17, 15) is 5.11 Å². The Hall–Kier alpha value is -1.35. The molecule has 1 aromatic carbocycles. The lowest BCUT2D eigenvalue weighted by Crippen LogP contribution is -2.10. The minimum atomic E-state index is 0.00318. The molecule has 1 N–H and O–H groups in total.